The zero-order chi connectivity index (χ0) is 14.4. The monoisotopic (exact) mass is 283 g/mol. The molecule has 0 spiro atoms. The summed E-state index contributed by atoms with van der Waals surface area (Å²) in [6.45, 7) is 3.18. The van der Waals surface area contributed by atoms with E-state index in [1.807, 2.05) is 6.92 Å². The molecule has 112 valence electrons. The normalized spacial score (nSPS) is 18.1. The molecule has 1 aromatic carbocycles. The quantitative estimate of drug-likeness (QED) is 0.798. The number of nitrogens with one attached hydrogen (secondary N) is 1. The fraction of sp³-hybridized carbons (Fsp3) is 0.625. The smallest absolute Gasteiger partial charge is 0.130 e. The van der Waals surface area contributed by atoms with Crippen molar-refractivity contribution in [3.63, 3.8) is 0 Å². The van der Waals surface area contributed by atoms with Crippen molar-refractivity contribution in [3.8, 4) is 0 Å². The van der Waals surface area contributed by atoms with Crippen LogP contribution in [0.15, 0.2) is 18.2 Å². The van der Waals surface area contributed by atoms with Gasteiger partial charge < -0.3 is 10.1 Å². The fourth-order valence-corrected chi connectivity index (χ4v) is 2.70. The van der Waals surface area contributed by atoms with Gasteiger partial charge in [0.25, 0.3) is 0 Å². The van der Waals surface area contributed by atoms with Gasteiger partial charge in [-0.05, 0) is 25.8 Å². The average Bonchev–Trinajstić information content (AvgIpc) is 2.44. The minimum Gasteiger partial charge on any atom is -0.377 e. The minimum atomic E-state index is -0.543. The summed E-state index contributed by atoms with van der Waals surface area (Å²) in [6.07, 6.45) is 6.54. The summed E-state index contributed by atoms with van der Waals surface area (Å²) >= 11 is 0. The molecule has 4 heteroatoms. The van der Waals surface area contributed by atoms with Gasteiger partial charge in [-0.25, -0.2) is 8.78 Å². The first-order chi connectivity index (χ1) is 9.66. The second-order valence-electron chi connectivity index (χ2n) is 5.47. The molecule has 0 bridgehead atoms. The van der Waals surface area contributed by atoms with E-state index in [4.69, 9.17) is 4.74 Å². The van der Waals surface area contributed by atoms with Crippen molar-refractivity contribution in [1.82, 2.24) is 5.32 Å². The van der Waals surface area contributed by atoms with Crippen LogP contribution >= 0.6 is 0 Å². The molecule has 1 N–H and O–H groups in total. The Kier molecular flexibility index (Phi) is 5.92. The molecule has 1 aromatic rings. The lowest BCUT2D eigenvalue weighted by Crippen LogP contribution is -2.27. The summed E-state index contributed by atoms with van der Waals surface area (Å²) in [5.74, 6) is -1.04. The Morgan fingerprint density at radius 1 is 1.25 bits per heavy atom. The van der Waals surface area contributed by atoms with Crippen LogP contribution in [0.25, 0.3) is 0 Å². The highest BCUT2D eigenvalue weighted by molar-refractivity contribution is 5.21. The van der Waals surface area contributed by atoms with Crippen molar-refractivity contribution >= 4 is 0 Å². The molecule has 1 aliphatic rings. The maximum absolute atomic E-state index is 13.6. The summed E-state index contributed by atoms with van der Waals surface area (Å²) in [5, 5.41) is 3.21. The molecule has 0 radical (unpaired) electrons. The van der Waals surface area contributed by atoms with Crippen LogP contribution in [-0.4, -0.2) is 19.3 Å². The molecule has 1 atom stereocenters. The highest BCUT2D eigenvalue weighted by Crippen LogP contribution is 2.20. The Morgan fingerprint density at radius 2 is 2.00 bits per heavy atom. The van der Waals surface area contributed by atoms with Gasteiger partial charge in [-0.2, -0.15) is 0 Å². The Morgan fingerprint density at radius 3 is 2.70 bits per heavy atom. The molecule has 1 saturated carbocycles. The third-order valence-corrected chi connectivity index (χ3v) is 3.89. The van der Waals surface area contributed by atoms with Crippen molar-refractivity contribution in [2.24, 2.45) is 0 Å². The van der Waals surface area contributed by atoms with Crippen LogP contribution < -0.4 is 5.32 Å². The summed E-state index contributed by atoms with van der Waals surface area (Å²) in [7, 11) is 0. The molecular weight excluding hydrogens is 260 g/mol. The molecular formula is C16H23F2NO. The minimum absolute atomic E-state index is 0.148. The summed E-state index contributed by atoms with van der Waals surface area (Å²) in [6, 6.07) is 3.55. The number of hydrogen-bond acceptors (Lipinski definition) is 2. The van der Waals surface area contributed by atoms with E-state index in [0.717, 1.165) is 18.9 Å². The molecule has 0 amide bonds. The standard InChI is InChI=1S/C16H23F2NO/c1-12(15-8-7-13(17)11-16(15)18)19-9-10-20-14-5-3-2-4-6-14/h7-8,11-12,14,19H,2-6,9-10H2,1H3. The van der Waals surface area contributed by atoms with Crippen LogP contribution in [0.1, 0.15) is 50.6 Å². The molecule has 20 heavy (non-hydrogen) atoms. The summed E-state index contributed by atoms with van der Waals surface area (Å²) < 4.78 is 32.2. The zero-order valence-corrected chi connectivity index (χ0v) is 12.0. The average molecular weight is 283 g/mol. The predicted molar refractivity (Wildman–Crippen MR) is 75.6 cm³/mol. The molecule has 0 saturated heterocycles. The number of rotatable bonds is 6. The number of ether oxygens (including phenoxy) is 1. The first kappa shape index (κ1) is 15.4. The Balaban J connectivity index is 1.70. The van der Waals surface area contributed by atoms with Crippen LogP contribution in [0.5, 0.6) is 0 Å². The molecule has 0 aliphatic heterocycles. The van der Waals surface area contributed by atoms with Crippen molar-refractivity contribution < 1.29 is 13.5 Å². The lowest BCUT2D eigenvalue weighted by atomic mass is 9.98. The van der Waals surface area contributed by atoms with Crippen LogP contribution in [0.2, 0.25) is 0 Å². The largest absolute Gasteiger partial charge is 0.377 e. The highest BCUT2D eigenvalue weighted by atomic mass is 19.1. The van der Waals surface area contributed by atoms with E-state index < -0.39 is 11.6 Å². The Hall–Kier alpha value is -1.00. The zero-order valence-electron chi connectivity index (χ0n) is 12.0. The van der Waals surface area contributed by atoms with Crippen molar-refractivity contribution in [2.45, 2.75) is 51.2 Å². The Bertz CT molecular complexity index is 419. The molecule has 0 aromatic heterocycles. The third-order valence-electron chi connectivity index (χ3n) is 3.89. The van der Waals surface area contributed by atoms with Gasteiger partial charge in [0.05, 0.1) is 12.7 Å². The van der Waals surface area contributed by atoms with Crippen LogP contribution in [0.4, 0.5) is 8.78 Å². The molecule has 2 rings (SSSR count). The fourth-order valence-electron chi connectivity index (χ4n) is 2.70. The molecule has 1 unspecified atom stereocenters. The van der Waals surface area contributed by atoms with Gasteiger partial charge in [0.1, 0.15) is 11.6 Å². The van der Waals surface area contributed by atoms with E-state index in [1.54, 1.807) is 0 Å². The second kappa shape index (κ2) is 7.70. The van der Waals surface area contributed by atoms with Gasteiger partial charge in [0.2, 0.25) is 0 Å². The van der Waals surface area contributed by atoms with Gasteiger partial charge in [-0.15, -0.1) is 0 Å². The first-order valence-electron chi connectivity index (χ1n) is 7.47. The van der Waals surface area contributed by atoms with Crippen LogP contribution in [-0.2, 0) is 4.74 Å². The van der Waals surface area contributed by atoms with Gasteiger partial charge >= 0.3 is 0 Å². The van der Waals surface area contributed by atoms with Crippen LogP contribution in [0, 0.1) is 11.6 Å². The SMILES string of the molecule is CC(NCCOC1CCCCC1)c1ccc(F)cc1F. The van der Waals surface area contributed by atoms with Gasteiger partial charge in [0.15, 0.2) is 0 Å². The molecule has 2 nitrogen and oxygen atoms in total. The molecule has 1 aliphatic carbocycles. The lowest BCUT2D eigenvalue weighted by Gasteiger charge is -2.22. The van der Waals surface area contributed by atoms with Crippen molar-refractivity contribution in [3.05, 3.63) is 35.4 Å². The van der Waals surface area contributed by atoms with Gasteiger partial charge in [0, 0.05) is 24.2 Å². The number of hydrogen-bond donors (Lipinski definition) is 1. The first-order valence-corrected chi connectivity index (χ1v) is 7.47. The van der Waals surface area contributed by atoms with Crippen LogP contribution in [0.3, 0.4) is 0 Å². The van der Waals surface area contributed by atoms with E-state index in [0.29, 0.717) is 24.8 Å². The predicted octanol–water partition coefficient (Wildman–Crippen LogP) is 3.96. The van der Waals surface area contributed by atoms with E-state index >= 15 is 0 Å². The Labute approximate surface area is 119 Å². The van der Waals surface area contributed by atoms with E-state index in [2.05, 4.69) is 5.32 Å². The summed E-state index contributed by atoms with van der Waals surface area (Å²) in [4.78, 5) is 0. The molecule has 0 heterocycles. The van der Waals surface area contributed by atoms with E-state index in [-0.39, 0.29) is 6.04 Å². The topological polar surface area (TPSA) is 21.3 Å². The second-order valence-corrected chi connectivity index (χ2v) is 5.47. The highest BCUT2D eigenvalue weighted by Gasteiger charge is 2.14. The molecule has 1 fully saturated rings. The van der Waals surface area contributed by atoms with Crippen molar-refractivity contribution in [1.29, 1.82) is 0 Å². The number of halogens is 2. The number of benzene rings is 1. The van der Waals surface area contributed by atoms with E-state index in [1.165, 1.54) is 31.4 Å². The maximum atomic E-state index is 13.6. The third kappa shape index (κ3) is 4.53. The summed E-state index contributed by atoms with van der Waals surface area (Å²) in [5.41, 5.74) is 0.490. The maximum Gasteiger partial charge on any atom is 0.130 e. The van der Waals surface area contributed by atoms with Gasteiger partial charge in [-0.1, -0.05) is 25.3 Å². The van der Waals surface area contributed by atoms with Crippen molar-refractivity contribution in [2.75, 3.05) is 13.2 Å². The lowest BCUT2D eigenvalue weighted by molar-refractivity contribution is 0.0295. The van der Waals surface area contributed by atoms with E-state index in [9.17, 15) is 8.78 Å². The van der Waals surface area contributed by atoms with Gasteiger partial charge in [-0.3, -0.25) is 0 Å².